The summed E-state index contributed by atoms with van der Waals surface area (Å²) in [4.78, 5) is 15.3. The number of rotatable bonds is 8. The van der Waals surface area contributed by atoms with Gasteiger partial charge in [0, 0.05) is 37.4 Å². The van der Waals surface area contributed by atoms with E-state index in [-0.39, 0.29) is 6.04 Å². The largest absolute Gasteiger partial charge is 0.363 e. The van der Waals surface area contributed by atoms with Gasteiger partial charge < -0.3 is 15.1 Å². The number of piperidine rings is 1. The summed E-state index contributed by atoms with van der Waals surface area (Å²) in [5, 5.41) is 3.79. The second-order valence-electron chi connectivity index (χ2n) is 14.0. The molecule has 3 aliphatic rings. The first-order chi connectivity index (χ1) is 18.0. The molecule has 1 aliphatic carbocycles. The normalized spacial score (nSPS) is 24.1. The zero-order valence-electron chi connectivity index (χ0n) is 25.2. The fourth-order valence-corrected chi connectivity index (χ4v) is 7.14. The number of nitrogens with one attached hydrogen (secondary N) is 1. The highest BCUT2D eigenvalue weighted by atomic mass is 15.3. The van der Waals surface area contributed by atoms with Crippen LogP contribution in [-0.2, 0) is 0 Å². The third-order valence-electron chi connectivity index (χ3n) is 9.98. The Bertz CT molecular complexity index is 1110. The van der Waals surface area contributed by atoms with E-state index < -0.39 is 0 Å². The van der Waals surface area contributed by atoms with Gasteiger partial charge >= 0.3 is 0 Å². The van der Waals surface area contributed by atoms with E-state index >= 15 is 0 Å². The number of aromatic nitrogens is 2. The highest BCUT2D eigenvalue weighted by Gasteiger charge is 2.43. The van der Waals surface area contributed by atoms with E-state index in [0.29, 0.717) is 17.3 Å². The van der Waals surface area contributed by atoms with E-state index in [1.54, 1.807) is 0 Å². The standard InChI is InChI=1S/C33H51N5/c1-21(2)24(5)30-17-34-32(36-31(30)35-25(6)29-12-11-22(3)14-23(29)4)38-19-27(20-38)26-10-9-13-37(18-26)28-15-33(7,8)16-28/h11-12,14,17,21,24-28H,9-10,13,15-16,18-20H2,1-8H3,(H,34,35,36)/t24?,25-,26+/m1/s1. The van der Waals surface area contributed by atoms with Gasteiger partial charge in [0.05, 0.1) is 6.04 Å². The summed E-state index contributed by atoms with van der Waals surface area (Å²) >= 11 is 0. The molecule has 1 aromatic carbocycles. The van der Waals surface area contributed by atoms with Crippen LogP contribution in [0, 0.1) is 37.0 Å². The molecular formula is C33H51N5. The maximum atomic E-state index is 5.17. The van der Waals surface area contributed by atoms with Crippen molar-refractivity contribution in [3.63, 3.8) is 0 Å². The first-order valence-corrected chi connectivity index (χ1v) is 15.2. The van der Waals surface area contributed by atoms with E-state index in [4.69, 9.17) is 9.97 Å². The lowest BCUT2D eigenvalue weighted by Crippen LogP contribution is -2.57. The van der Waals surface area contributed by atoms with E-state index in [1.807, 2.05) is 0 Å². The van der Waals surface area contributed by atoms with Gasteiger partial charge in [-0.2, -0.15) is 4.98 Å². The lowest BCUT2D eigenvalue weighted by molar-refractivity contribution is -0.00913. The number of likely N-dealkylation sites (tertiary alicyclic amines) is 1. The molecule has 2 aliphatic heterocycles. The van der Waals surface area contributed by atoms with Crippen LogP contribution in [0.2, 0.25) is 0 Å². The Morgan fingerprint density at radius 2 is 1.71 bits per heavy atom. The minimum atomic E-state index is 0.185. The van der Waals surface area contributed by atoms with Gasteiger partial charge in [0.1, 0.15) is 5.82 Å². The second kappa shape index (κ2) is 10.8. The molecule has 2 saturated heterocycles. The molecule has 5 heteroatoms. The van der Waals surface area contributed by atoms with E-state index in [1.165, 1.54) is 61.0 Å². The van der Waals surface area contributed by atoms with Gasteiger partial charge in [-0.25, -0.2) is 4.98 Å². The molecular weight excluding hydrogens is 466 g/mol. The van der Waals surface area contributed by atoms with Crippen molar-refractivity contribution in [1.29, 1.82) is 0 Å². The topological polar surface area (TPSA) is 44.3 Å². The molecule has 2 aromatic rings. The average molecular weight is 518 g/mol. The van der Waals surface area contributed by atoms with Crippen LogP contribution in [0.25, 0.3) is 0 Å². The molecule has 3 atom stereocenters. The molecule has 5 rings (SSSR count). The zero-order valence-corrected chi connectivity index (χ0v) is 25.2. The Kier molecular flexibility index (Phi) is 7.79. The summed E-state index contributed by atoms with van der Waals surface area (Å²) in [6.07, 6.45) is 7.60. The maximum absolute atomic E-state index is 5.17. The van der Waals surface area contributed by atoms with Crippen LogP contribution in [-0.4, -0.2) is 47.1 Å². The molecule has 38 heavy (non-hydrogen) atoms. The van der Waals surface area contributed by atoms with Gasteiger partial charge in [0.25, 0.3) is 0 Å². The van der Waals surface area contributed by atoms with Gasteiger partial charge in [-0.3, -0.25) is 0 Å². The van der Waals surface area contributed by atoms with Gasteiger partial charge in [-0.1, -0.05) is 58.4 Å². The van der Waals surface area contributed by atoms with Crippen LogP contribution >= 0.6 is 0 Å². The van der Waals surface area contributed by atoms with E-state index in [0.717, 1.165) is 42.7 Å². The Labute approximate surface area is 231 Å². The monoisotopic (exact) mass is 517 g/mol. The molecule has 1 aromatic heterocycles. The molecule has 0 spiro atoms. The summed E-state index contributed by atoms with van der Waals surface area (Å²) in [6, 6.07) is 7.76. The second-order valence-corrected chi connectivity index (χ2v) is 14.0. The van der Waals surface area contributed by atoms with Gasteiger partial charge in [-0.15, -0.1) is 0 Å². The molecule has 3 fully saturated rings. The quantitative estimate of drug-likeness (QED) is 0.396. The highest BCUT2D eigenvalue weighted by Crippen LogP contribution is 2.45. The fraction of sp³-hybridized carbons (Fsp3) is 0.697. The van der Waals surface area contributed by atoms with Crippen molar-refractivity contribution in [3.8, 4) is 0 Å². The third kappa shape index (κ3) is 5.73. The number of hydrogen-bond acceptors (Lipinski definition) is 5. The SMILES string of the molecule is Cc1ccc([C@@H](C)Nc2nc(N3CC([C@H]4CCCN(C5CC(C)(C)C5)C4)C3)ncc2C(C)C(C)C)c(C)c1. The van der Waals surface area contributed by atoms with Crippen molar-refractivity contribution >= 4 is 11.8 Å². The Balaban J connectivity index is 1.27. The maximum Gasteiger partial charge on any atom is 0.227 e. The number of nitrogens with zero attached hydrogens (tertiary/aromatic N) is 4. The number of anilines is 2. The Morgan fingerprint density at radius 3 is 2.37 bits per heavy atom. The molecule has 0 bridgehead atoms. The summed E-state index contributed by atoms with van der Waals surface area (Å²) in [5.41, 5.74) is 5.75. The molecule has 208 valence electrons. The summed E-state index contributed by atoms with van der Waals surface area (Å²) < 4.78 is 0. The molecule has 0 radical (unpaired) electrons. The van der Waals surface area contributed by atoms with Crippen LogP contribution in [0.4, 0.5) is 11.8 Å². The number of benzene rings is 1. The van der Waals surface area contributed by atoms with Crippen LogP contribution in [0.1, 0.15) is 101 Å². The number of hydrogen-bond donors (Lipinski definition) is 1. The van der Waals surface area contributed by atoms with Crippen LogP contribution in [0.5, 0.6) is 0 Å². The summed E-state index contributed by atoms with van der Waals surface area (Å²) in [7, 11) is 0. The highest BCUT2D eigenvalue weighted by molar-refractivity contribution is 5.52. The smallest absolute Gasteiger partial charge is 0.227 e. The van der Waals surface area contributed by atoms with Crippen LogP contribution < -0.4 is 10.2 Å². The van der Waals surface area contributed by atoms with Crippen molar-refractivity contribution in [2.75, 3.05) is 36.4 Å². The van der Waals surface area contributed by atoms with E-state index in [9.17, 15) is 0 Å². The van der Waals surface area contributed by atoms with Gasteiger partial charge in [0.2, 0.25) is 5.95 Å². The minimum absolute atomic E-state index is 0.185. The Hall–Kier alpha value is -2.14. The lowest BCUT2D eigenvalue weighted by Gasteiger charge is -2.53. The number of aryl methyl sites for hydroxylation is 2. The first kappa shape index (κ1) is 27.4. The van der Waals surface area contributed by atoms with Crippen LogP contribution in [0.15, 0.2) is 24.4 Å². The molecule has 5 nitrogen and oxygen atoms in total. The lowest BCUT2D eigenvalue weighted by atomic mass is 9.67. The van der Waals surface area contributed by atoms with Crippen molar-refractivity contribution in [3.05, 3.63) is 46.6 Å². The molecule has 0 amide bonds. The Morgan fingerprint density at radius 1 is 0.974 bits per heavy atom. The average Bonchev–Trinajstić information content (AvgIpc) is 2.81. The van der Waals surface area contributed by atoms with Crippen molar-refractivity contribution in [2.24, 2.45) is 23.2 Å². The van der Waals surface area contributed by atoms with Crippen molar-refractivity contribution < 1.29 is 0 Å². The van der Waals surface area contributed by atoms with E-state index in [2.05, 4.69) is 94.9 Å². The van der Waals surface area contributed by atoms with Gasteiger partial charge in [-0.05, 0) is 93.2 Å². The minimum Gasteiger partial charge on any atom is -0.363 e. The molecule has 1 N–H and O–H groups in total. The summed E-state index contributed by atoms with van der Waals surface area (Å²) in [5.74, 6) is 4.42. The molecule has 3 heterocycles. The predicted octanol–water partition coefficient (Wildman–Crippen LogP) is 7.36. The van der Waals surface area contributed by atoms with Crippen molar-refractivity contribution in [2.45, 2.75) is 99.1 Å². The van der Waals surface area contributed by atoms with Crippen molar-refractivity contribution in [1.82, 2.24) is 14.9 Å². The van der Waals surface area contributed by atoms with Gasteiger partial charge in [0.15, 0.2) is 0 Å². The first-order valence-electron chi connectivity index (χ1n) is 15.2. The summed E-state index contributed by atoms with van der Waals surface area (Å²) in [6.45, 7) is 23.1. The molecule has 1 unspecified atom stereocenters. The predicted molar refractivity (Wildman–Crippen MR) is 160 cm³/mol. The third-order valence-corrected chi connectivity index (χ3v) is 9.98. The fourth-order valence-electron chi connectivity index (χ4n) is 7.14. The zero-order chi connectivity index (χ0) is 27.2. The molecule has 1 saturated carbocycles. The van der Waals surface area contributed by atoms with Crippen LogP contribution in [0.3, 0.4) is 0 Å².